The van der Waals surface area contributed by atoms with Gasteiger partial charge in [0.1, 0.15) is 0 Å². The van der Waals surface area contributed by atoms with Crippen molar-refractivity contribution in [3.05, 3.63) is 64.9 Å². The molecule has 1 aliphatic rings. The van der Waals surface area contributed by atoms with E-state index in [9.17, 15) is 0 Å². The normalized spacial score (nSPS) is 14.7. The van der Waals surface area contributed by atoms with Gasteiger partial charge in [-0.3, -0.25) is 4.98 Å². The Balaban J connectivity index is 1.33. The second-order valence-electron chi connectivity index (χ2n) is 8.33. The number of fused-ring (bicyclic) bond motifs is 1. The van der Waals surface area contributed by atoms with Crippen molar-refractivity contribution in [2.75, 3.05) is 36.9 Å². The molecule has 1 saturated heterocycles. The molecule has 8 nitrogen and oxygen atoms in total. The number of aromatic nitrogens is 5. The van der Waals surface area contributed by atoms with Crippen molar-refractivity contribution in [1.29, 1.82) is 0 Å². The molecular weight excluding hydrogens is 480 g/mol. The summed E-state index contributed by atoms with van der Waals surface area (Å²) in [5.41, 5.74) is 4.00. The SMILES string of the molecule is CNCC1CCN(c2nc(NCc3ccc(-c4ccccn4)cc3)n3ncc(Br)c3n2)CC1. The molecule has 0 saturated carbocycles. The fourth-order valence-electron chi connectivity index (χ4n) is 4.23. The Bertz CT molecular complexity index is 1200. The first-order valence-corrected chi connectivity index (χ1v) is 12.1. The summed E-state index contributed by atoms with van der Waals surface area (Å²) < 4.78 is 2.61. The van der Waals surface area contributed by atoms with Gasteiger partial charge in [-0.05, 0) is 66.0 Å². The number of benzene rings is 1. The van der Waals surface area contributed by atoms with Crippen LogP contribution in [0.3, 0.4) is 0 Å². The third kappa shape index (κ3) is 4.84. The molecule has 4 aromatic rings. The van der Waals surface area contributed by atoms with E-state index in [-0.39, 0.29) is 0 Å². The van der Waals surface area contributed by atoms with Crippen LogP contribution in [0.4, 0.5) is 11.9 Å². The zero-order chi connectivity index (χ0) is 22.6. The molecule has 1 aliphatic heterocycles. The van der Waals surface area contributed by atoms with E-state index in [4.69, 9.17) is 9.97 Å². The van der Waals surface area contributed by atoms with Crippen molar-refractivity contribution >= 4 is 33.5 Å². The molecule has 9 heteroatoms. The van der Waals surface area contributed by atoms with Gasteiger partial charge in [-0.25, -0.2) is 0 Å². The van der Waals surface area contributed by atoms with Crippen molar-refractivity contribution in [3.63, 3.8) is 0 Å². The number of halogens is 1. The monoisotopic (exact) mass is 506 g/mol. The predicted octanol–water partition coefficient (Wildman–Crippen LogP) is 4.00. The Morgan fingerprint density at radius 1 is 1.06 bits per heavy atom. The van der Waals surface area contributed by atoms with Crippen molar-refractivity contribution < 1.29 is 0 Å². The molecule has 4 heterocycles. The highest BCUT2D eigenvalue weighted by Crippen LogP contribution is 2.25. The first-order chi connectivity index (χ1) is 16.2. The third-order valence-electron chi connectivity index (χ3n) is 6.07. The van der Waals surface area contributed by atoms with E-state index < -0.39 is 0 Å². The van der Waals surface area contributed by atoms with Crippen LogP contribution in [0.2, 0.25) is 0 Å². The topological polar surface area (TPSA) is 83.3 Å². The van der Waals surface area contributed by atoms with Crippen LogP contribution < -0.4 is 15.5 Å². The Morgan fingerprint density at radius 2 is 1.88 bits per heavy atom. The third-order valence-corrected chi connectivity index (χ3v) is 6.63. The number of anilines is 2. The fourth-order valence-corrected chi connectivity index (χ4v) is 4.58. The summed E-state index contributed by atoms with van der Waals surface area (Å²) in [5.74, 6) is 2.15. The van der Waals surface area contributed by atoms with Crippen LogP contribution in [0.15, 0.2) is 59.3 Å². The van der Waals surface area contributed by atoms with Crippen LogP contribution in [0, 0.1) is 5.92 Å². The van der Waals surface area contributed by atoms with Gasteiger partial charge in [0.15, 0.2) is 5.65 Å². The summed E-state index contributed by atoms with van der Waals surface area (Å²) in [6.45, 7) is 3.62. The summed E-state index contributed by atoms with van der Waals surface area (Å²) >= 11 is 3.58. The maximum Gasteiger partial charge on any atom is 0.230 e. The molecule has 0 radical (unpaired) electrons. The molecule has 170 valence electrons. The van der Waals surface area contributed by atoms with Crippen LogP contribution in [-0.2, 0) is 6.54 Å². The summed E-state index contributed by atoms with van der Waals surface area (Å²) in [5, 5.41) is 11.2. The molecule has 0 unspecified atom stereocenters. The number of hydrogen-bond donors (Lipinski definition) is 2. The van der Waals surface area contributed by atoms with Crippen LogP contribution in [0.25, 0.3) is 16.9 Å². The van der Waals surface area contributed by atoms with Crippen LogP contribution >= 0.6 is 15.9 Å². The highest BCUT2D eigenvalue weighted by molar-refractivity contribution is 9.10. The molecule has 0 spiro atoms. The molecule has 1 fully saturated rings. The number of piperidine rings is 1. The summed E-state index contributed by atoms with van der Waals surface area (Å²) in [6, 6.07) is 14.4. The molecular formula is C24H27BrN8. The van der Waals surface area contributed by atoms with Crippen LogP contribution in [0.1, 0.15) is 18.4 Å². The molecule has 0 aliphatic carbocycles. The van der Waals surface area contributed by atoms with Crippen LogP contribution in [-0.4, -0.2) is 51.2 Å². The lowest BCUT2D eigenvalue weighted by atomic mass is 9.97. The zero-order valence-corrected chi connectivity index (χ0v) is 20.2. The maximum atomic E-state index is 4.85. The quantitative estimate of drug-likeness (QED) is 0.391. The predicted molar refractivity (Wildman–Crippen MR) is 134 cm³/mol. The number of hydrogen-bond acceptors (Lipinski definition) is 7. The molecule has 2 N–H and O–H groups in total. The van der Waals surface area contributed by atoms with Gasteiger partial charge in [-0.2, -0.15) is 19.6 Å². The molecule has 0 bridgehead atoms. The van der Waals surface area contributed by atoms with Gasteiger partial charge in [0, 0.05) is 31.4 Å². The number of rotatable bonds is 7. The first kappa shape index (κ1) is 21.8. The zero-order valence-electron chi connectivity index (χ0n) is 18.6. The van der Waals surface area contributed by atoms with Gasteiger partial charge in [-0.1, -0.05) is 30.3 Å². The minimum atomic E-state index is 0.635. The van der Waals surface area contributed by atoms with E-state index in [1.165, 1.54) is 0 Å². The number of pyridine rings is 1. The Morgan fingerprint density at radius 3 is 2.61 bits per heavy atom. The van der Waals surface area contributed by atoms with Gasteiger partial charge in [-0.15, -0.1) is 0 Å². The van der Waals surface area contributed by atoms with Crippen LogP contribution in [0.5, 0.6) is 0 Å². The van der Waals surface area contributed by atoms with Crippen molar-refractivity contribution in [1.82, 2.24) is 29.9 Å². The van der Waals surface area contributed by atoms with Gasteiger partial charge >= 0.3 is 0 Å². The number of nitrogens with zero attached hydrogens (tertiary/aromatic N) is 6. The minimum absolute atomic E-state index is 0.635. The average Bonchev–Trinajstić information content (AvgIpc) is 3.25. The lowest BCUT2D eigenvalue weighted by molar-refractivity contribution is 0.391. The maximum absolute atomic E-state index is 4.85. The van der Waals surface area contributed by atoms with Gasteiger partial charge in [0.2, 0.25) is 11.9 Å². The highest BCUT2D eigenvalue weighted by atomic mass is 79.9. The summed E-state index contributed by atoms with van der Waals surface area (Å²) in [4.78, 5) is 16.3. The first-order valence-electron chi connectivity index (χ1n) is 11.3. The average molecular weight is 507 g/mol. The Kier molecular flexibility index (Phi) is 6.50. The second kappa shape index (κ2) is 9.84. The molecule has 0 amide bonds. The molecule has 33 heavy (non-hydrogen) atoms. The lowest BCUT2D eigenvalue weighted by Crippen LogP contribution is -2.37. The smallest absolute Gasteiger partial charge is 0.230 e. The van der Waals surface area contributed by atoms with Gasteiger partial charge in [0.25, 0.3) is 0 Å². The molecule has 1 aromatic carbocycles. The second-order valence-corrected chi connectivity index (χ2v) is 9.18. The van der Waals surface area contributed by atoms with E-state index >= 15 is 0 Å². The largest absolute Gasteiger partial charge is 0.350 e. The summed E-state index contributed by atoms with van der Waals surface area (Å²) in [6.07, 6.45) is 5.86. The Labute approximate surface area is 201 Å². The molecule has 3 aromatic heterocycles. The van der Waals surface area contributed by atoms with E-state index in [0.29, 0.717) is 18.4 Å². The standard InChI is InChI=1S/C24H27BrN8/c1-26-14-18-9-12-32(13-10-18)24-30-22-20(25)16-29-33(22)23(31-24)28-15-17-5-7-19(8-6-17)21-4-2-3-11-27-21/h2-8,11,16,18,26H,9-10,12-15H2,1H3,(H,28,30,31). The fraction of sp³-hybridized carbons (Fsp3) is 0.333. The van der Waals surface area contributed by atoms with Crippen molar-refractivity contribution in [2.45, 2.75) is 19.4 Å². The van der Waals surface area contributed by atoms with Crippen molar-refractivity contribution in [3.8, 4) is 11.3 Å². The summed E-state index contributed by atoms with van der Waals surface area (Å²) in [7, 11) is 2.02. The van der Waals surface area contributed by atoms with E-state index in [0.717, 1.165) is 65.4 Å². The molecule has 5 rings (SSSR count). The highest BCUT2D eigenvalue weighted by Gasteiger charge is 2.22. The van der Waals surface area contributed by atoms with Crippen molar-refractivity contribution in [2.24, 2.45) is 5.92 Å². The minimum Gasteiger partial charge on any atom is -0.350 e. The van der Waals surface area contributed by atoms with E-state index in [2.05, 4.69) is 65.8 Å². The Hall–Kier alpha value is -3.04. The van der Waals surface area contributed by atoms with E-state index in [1.807, 2.05) is 31.4 Å². The van der Waals surface area contributed by atoms with Gasteiger partial charge in [0.05, 0.1) is 16.4 Å². The molecule has 0 atom stereocenters. The van der Waals surface area contributed by atoms with Gasteiger partial charge < -0.3 is 15.5 Å². The van der Waals surface area contributed by atoms with E-state index in [1.54, 1.807) is 10.7 Å². The number of nitrogens with one attached hydrogen (secondary N) is 2. The lowest BCUT2D eigenvalue weighted by Gasteiger charge is -2.32.